The molecule has 0 spiro atoms. The zero-order valence-electron chi connectivity index (χ0n) is 32.8. The number of phosphoric acid groups is 1. The number of carbonyl (C=O) groups excluding carboxylic acids is 3. The number of rotatable bonds is 22. The molecule has 4 aromatic rings. The normalized spacial score (nSPS) is 24.7. The molecule has 32 heteroatoms. The largest absolute Gasteiger partial charge is 0.695 e. The minimum absolute atomic E-state index is 0.00123. The van der Waals surface area contributed by atoms with Gasteiger partial charge in [-0.3, -0.25) is 42.9 Å². The summed E-state index contributed by atoms with van der Waals surface area (Å²) < 4.78 is 59.7. The first kappa shape index (κ1) is 48.2. The molecule has 2 fully saturated rings. The number of nitrogen functional groups attached to an aromatic ring is 1. The van der Waals surface area contributed by atoms with Gasteiger partial charge in [-0.2, -0.15) is 4.98 Å². The molecule has 10 N–H and O–H groups in total. The predicted molar refractivity (Wildman–Crippen MR) is 218 cm³/mol. The van der Waals surface area contributed by atoms with Gasteiger partial charge in [-0.25, -0.2) is 29.3 Å². The zero-order chi connectivity index (χ0) is 45.4. The SMILES string of the molecule is CC(=O)CCNC(=O)CCCSSCCOC(=O)Nc1ncnc2c1ncn2[C@@H]1OC(COP(=O)(O)O[C@@H]2[C@H](O)C(CO)O[C@H]2n2cnc3c(=O)[nH]c(N)nc32)[C@@H](O[P+](=O)O)[C@H]1O. The van der Waals surface area contributed by atoms with Crippen molar-refractivity contribution in [3.8, 4) is 0 Å². The van der Waals surface area contributed by atoms with Crippen LogP contribution in [0.25, 0.3) is 22.3 Å². The number of Topliss-reactive ketones (excluding diaryl/α,β-unsaturated/α-hetero) is 1. The van der Waals surface area contributed by atoms with Gasteiger partial charge in [-0.05, 0) is 13.3 Å². The number of fused-ring (bicyclic) bond motifs is 2. The van der Waals surface area contributed by atoms with E-state index >= 15 is 0 Å². The molecule has 0 bridgehead atoms. The molecular formula is C31H42N11O17P2S2+. The Morgan fingerprint density at radius 3 is 2.44 bits per heavy atom. The van der Waals surface area contributed by atoms with Crippen LogP contribution in [-0.4, -0.2) is 156 Å². The highest BCUT2D eigenvalue weighted by molar-refractivity contribution is 8.76. The Kier molecular flexibility index (Phi) is 16.5. The zero-order valence-corrected chi connectivity index (χ0v) is 36.2. The number of aliphatic hydroxyl groups excluding tert-OH is 3. The van der Waals surface area contributed by atoms with Crippen LogP contribution >= 0.6 is 37.7 Å². The van der Waals surface area contributed by atoms with Crippen LogP contribution in [0.1, 0.15) is 38.6 Å². The molecule has 6 rings (SSSR count). The minimum atomic E-state index is -5.27. The number of phosphoric ester groups is 1. The van der Waals surface area contributed by atoms with Gasteiger partial charge in [-0.15, -0.1) is 9.42 Å². The van der Waals surface area contributed by atoms with Crippen molar-refractivity contribution < 1.29 is 76.4 Å². The van der Waals surface area contributed by atoms with Crippen LogP contribution in [0.15, 0.2) is 23.8 Å². The van der Waals surface area contributed by atoms with E-state index in [0.717, 1.165) is 23.5 Å². The second-order valence-corrected chi connectivity index (χ2v) is 18.4. The number of imidazole rings is 2. The van der Waals surface area contributed by atoms with Gasteiger partial charge in [-0.1, -0.05) is 21.6 Å². The fraction of sp³-hybridized carbons (Fsp3) is 0.581. The third-order valence-corrected chi connectivity index (χ3v) is 13.0. The number of ether oxygens (including phenoxy) is 3. The summed E-state index contributed by atoms with van der Waals surface area (Å²) >= 11 is 0. The number of hydrogen-bond acceptors (Lipinski definition) is 23. The van der Waals surface area contributed by atoms with Crippen LogP contribution in [0.3, 0.4) is 0 Å². The van der Waals surface area contributed by atoms with Crippen molar-refractivity contribution in [2.45, 2.75) is 75.3 Å². The van der Waals surface area contributed by atoms with Crippen LogP contribution in [-0.2, 0) is 46.5 Å². The van der Waals surface area contributed by atoms with Gasteiger partial charge in [0.05, 0.1) is 25.9 Å². The van der Waals surface area contributed by atoms with E-state index in [1.54, 1.807) is 0 Å². The van der Waals surface area contributed by atoms with E-state index in [-0.39, 0.29) is 58.8 Å². The summed E-state index contributed by atoms with van der Waals surface area (Å²) in [5.74, 6) is 0.583. The van der Waals surface area contributed by atoms with Crippen molar-refractivity contribution in [2.75, 3.05) is 48.9 Å². The number of aromatic amines is 1. The Labute approximate surface area is 362 Å². The fourth-order valence-electron chi connectivity index (χ4n) is 6.31. The number of nitrogens with zero attached hydrogens (tertiary/aromatic N) is 7. The van der Waals surface area contributed by atoms with Gasteiger partial charge < -0.3 is 45.5 Å². The number of hydrogen-bond donors (Lipinski definition) is 9. The summed E-state index contributed by atoms with van der Waals surface area (Å²) in [4.78, 5) is 90.7. The van der Waals surface area contributed by atoms with Crippen molar-refractivity contribution in [3.05, 3.63) is 29.3 Å². The van der Waals surface area contributed by atoms with Crippen LogP contribution < -0.4 is 21.9 Å². The Morgan fingerprint density at radius 1 is 1.00 bits per heavy atom. The monoisotopic (exact) mass is 966 g/mol. The summed E-state index contributed by atoms with van der Waals surface area (Å²) in [7, 11) is -5.72. The first-order chi connectivity index (χ1) is 30.1. The molecule has 2 saturated heterocycles. The molecule has 344 valence electrons. The van der Waals surface area contributed by atoms with E-state index in [1.165, 1.54) is 33.1 Å². The number of aromatic nitrogens is 8. The molecule has 2 aliphatic rings. The number of nitrogens with two attached hydrogens (primary N) is 1. The summed E-state index contributed by atoms with van der Waals surface area (Å²) in [6, 6.07) is 0. The predicted octanol–water partition coefficient (Wildman–Crippen LogP) is -0.607. The van der Waals surface area contributed by atoms with Crippen molar-refractivity contribution in [2.24, 2.45) is 0 Å². The topological polar surface area (TPSA) is 399 Å². The maximum Gasteiger partial charge on any atom is 0.695 e. The summed E-state index contributed by atoms with van der Waals surface area (Å²) in [5.41, 5.74) is 4.62. The second-order valence-electron chi connectivity index (χ2n) is 13.6. The summed E-state index contributed by atoms with van der Waals surface area (Å²) in [6.45, 7) is 0.102. The lowest BCUT2D eigenvalue weighted by atomic mass is 10.1. The number of H-pyrrole nitrogens is 1. The van der Waals surface area contributed by atoms with Gasteiger partial charge in [0.25, 0.3) is 5.56 Å². The van der Waals surface area contributed by atoms with Crippen LogP contribution in [0.2, 0.25) is 0 Å². The smallest absolute Gasteiger partial charge is 0.448 e. The summed E-state index contributed by atoms with van der Waals surface area (Å²) in [5, 5.41) is 37.1. The minimum Gasteiger partial charge on any atom is -0.448 e. The van der Waals surface area contributed by atoms with E-state index in [9.17, 15) is 53.4 Å². The van der Waals surface area contributed by atoms with Crippen LogP contribution in [0.4, 0.5) is 16.6 Å². The maximum atomic E-state index is 13.4. The van der Waals surface area contributed by atoms with Gasteiger partial charge in [0.1, 0.15) is 49.2 Å². The number of ketones is 1. The third-order valence-electron chi connectivity index (χ3n) is 9.16. The number of nitrogens with one attached hydrogen (secondary N) is 3. The van der Waals surface area contributed by atoms with E-state index < -0.39 is 90.0 Å². The molecule has 4 aromatic heterocycles. The standard InChI is InChI=1S/C31H41N11O17P2S2/c1-14(44)4-5-33-17(45)3-2-7-62-63-8-6-54-31(49)38-24-18-25(35-11-34-24)41(12-36-18)28-21(47)22(58-60(50)51)16(57-28)10-55-61(52,53)59-23-20(46)15(9-43)56-29(23)42-13-37-19-26(42)39-30(32)40-27(19)48/h11-13,15-16,20-23,28-29,43,46-47H,2-10H2,1H3,(H6-,32,33,34,35,38,39,40,45,48,49,50,51,52,53)/p+1/t15?,16?,20-,21-,22-,23-,28-,29-/m1/s1. The molecule has 63 heavy (non-hydrogen) atoms. The average Bonchev–Trinajstić information content (AvgIpc) is 3.99. The first-order valence-electron chi connectivity index (χ1n) is 18.7. The molecule has 0 radical (unpaired) electrons. The number of anilines is 2. The molecule has 28 nitrogen and oxygen atoms in total. The van der Waals surface area contributed by atoms with Crippen LogP contribution in [0.5, 0.6) is 0 Å². The highest BCUT2D eigenvalue weighted by Crippen LogP contribution is 2.50. The van der Waals surface area contributed by atoms with Crippen LogP contribution in [0, 0.1) is 0 Å². The van der Waals surface area contributed by atoms with Gasteiger partial charge in [0.2, 0.25) is 11.9 Å². The van der Waals surface area contributed by atoms with Crippen molar-refractivity contribution in [1.82, 2.24) is 44.4 Å². The maximum absolute atomic E-state index is 13.4. The molecule has 2 amide bonds. The molecule has 0 aromatic carbocycles. The Bertz CT molecular complexity index is 2390. The molecular weight excluding hydrogens is 924 g/mol. The highest BCUT2D eigenvalue weighted by atomic mass is 33.1. The molecule has 2 aliphatic heterocycles. The van der Waals surface area contributed by atoms with Gasteiger partial charge in [0.15, 0.2) is 46.7 Å². The van der Waals surface area contributed by atoms with Gasteiger partial charge >= 0.3 is 22.2 Å². The Hall–Kier alpha value is -4.26. The number of carbonyl (C=O) groups is 3. The van der Waals surface area contributed by atoms with E-state index in [1.807, 2.05) is 0 Å². The Morgan fingerprint density at radius 2 is 1.71 bits per heavy atom. The van der Waals surface area contributed by atoms with E-state index in [0.29, 0.717) is 30.9 Å². The van der Waals surface area contributed by atoms with E-state index in [2.05, 4.69) is 40.5 Å². The lowest BCUT2D eigenvalue weighted by Gasteiger charge is -2.24. The average molecular weight is 967 g/mol. The second kappa shape index (κ2) is 21.6. The molecule has 6 heterocycles. The number of amides is 2. The molecule has 10 atom stereocenters. The quantitative estimate of drug-likeness (QED) is 0.0269. The lowest BCUT2D eigenvalue weighted by molar-refractivity contribution is -0.121. The van der Waals surface area contributed by atoms with E-state index in [4.69, 9.17) is 33.5 Å². The molecule has 0 saturated carbocycles. The first-order valence-corrected chi connectivity index (χ1v) is 23.8. The molecule has 4 unspecified atom stereocenters. The van der Waals surface area contributed by atoms with Crippen molar-refractivity contribution in [1.29, 1.82) is 0 Å². The number of aliphatic hydroxyl groups is 3. The molecule has 0 aliphatic carbocycles. The van der Waals surface area contributed by atoms with Crippen molar-refractivity contribution >= 4 is 89.5 Å². The lowest BCUT2D eigenvalue weighted by Crippen LogP contribution is -2.36. The fourth-order valence-corrected chi connectivity index (χ4v) is 9.63. The summed E-state index contributed by atoms with van der Waals surface area (Å²) in [6.07, 6.45) is -9.19. The third kappa shape index (κ3) is 12.1. The van der Waals surface area contributed by atoms with Gasteiger partial charge in [0, 0.05) is 35.5 Å². The Balaban J connectivity index is 1.04. The van der Waals surface area contributed by atoms with Crippen molar-refractivity contribution in [3.63, 3.8) is 0 Å². The highest BCUT2D eigenvalue weighted by Gasteiger charge is 2.53.